The molecule has 2 heterocycles. The first kappa shape index (κ1) is 25.3. The highest BCUT2D eigenvalue weighted by Gasteiger charge is 2.30. The Kier molecular flexibility index (Phi) is 7.41. The van der Waals surface area contributed by atoms with E-state index in [4.69, 9.17) is 14.6 Å². The highest BCUT2D eigenvalue weighted by molar-refractivity contribution is 5.75. The number of ether oxygens (including phenoxy) is 2. The van der Waals surface area contributed by atoms with Crippen LogP contribution in [-0.2, 0) is 11.3 Å². The van der Waals surface area contributed by atoms with E-state index in [0.29, 0.717) is 37.4 Å². The van der Waals surface area contributed by atoms with Crippen molar-refractivity contribution in [2.45, 2.75) is 26.0 Å². The predicted octanol–water partition coefficient (Wildman–Crippen LogP) is 2.36. The normalized spacial score (nSPS) is 16.0. The molecular weight excluding hydrogens is 472 g/mol. The van der Waals surface area contributed by atoms with Crippen molar-refractivity contribution in [2.24, 2.45) is 0 Å². The Balaban J connectivity index is 0.000000199. The van der Waals surface area contributed by atoms with Crippen LogP contribution in [0.15, 0.2) is 24.3 Å². The van der Waals surface area contributed by atoms with Gasteiger partial charge in [0.1, 0.15) is 5.78 Å². The molecule has 0 saturated heterocycles. The molecule has 0 amide bonds. The van der Waals surface area contributed by atoms with Crippen molar-refractivity contribution in [3.05, 3.63) is 65.7 Å². The maximum absolute atomic E-state index is 11.0. The Morgan fingerprint density at radius 2 is 1.60 bits per heavy atom. The second-order valence-corrected chi connectivity index (χ2v) is 7.71. The third kappa shape index (κ3) is 5.77. The summed E-state index contributed by atoms with van der Waals surface area (Å²) in [5.74, 6) is 0.404. The van der Waals surface area contributed by atoms with Gasteiger partial charge in [-0.1, -0.05) is 0 Å². The minimum Gasteiger partial charge on any atom is -0.497 e. The first-order chi connectivity index (χ1) is 16.5. The van der Waals surface area contributed by atoms with Crippen molar-refractivity contribution < 1.29 is 39.3 Å². The van der Waals surface area contributed by atoms with Crippen LogP contribution in [0.3, 0.4) is 0 Å². The predicted molar refractivity (Wildman–Crippen MR) is 116 cm³/mol. The van der Waals surface area contributed by atoms with Gasteiger partial charge in [-0.3, -0.25) is 40.0 Å². The van der Waals surface area contributed by atoms with Crippen LogP contribution in [0.25, 0.3) is 0 Å². The molecule has 0 aliphatic carbocycles. The molecule has 0 fully saturated rings. The van der Waals surface area contributed by atoms with Crippen LogP contribution in [0.5, 0.6) is 17.2 Å². The first-order valence-electron chi connectivity index (χ1n) is 10.1. The summed E-state index contributed by atoms with van der Waals surface area (Å²) in [5.41, 5.74) is -1.05. The summed E-state index contributed by atoms with van der Waals surface area (Å²) in [7, 11) is 0. The number of rotatable bonds is 6. The Hall–Kier alpha value is -4.37. The van der Waals surface area contributed by atoms with Gasteiger partial charge in [0.2, 0.25) is 6.79 Å². The SMILES string of the molecule is CC(=O)CCN1Cc2cc3c(cc2C(O)C1)OCO3.O=[N+]([O-])c1cc([N+](=O)[O-])c(O)c([N+](=O)[O-])c1. The summed E-state index contributed by atoms with van der Waals surface area (Å²) < 4.78 is 10.7. The van der Waals surface area contributed by atoms with Gasteiger partial charge in [0, 0.05) is 26.1 Å². The lowest BCUT2D eigenvalue weighted by Crippen LogP contribution is -2.34. The number of aliphatic hydroxyl groups excluding tert-OH is 1. The van der Waals surface area contributed by atoms with Gasteiger partial charge in [-0.15, -0.1) is 0 Å². The van der Waals surface area contributed by atoms with Crippen molar-refractivity contribution in [1.29, 1.82) is 0 Å². The van der Waals surface area contributed by atoms with Crippen molar-refractivity contribution in [1.82, 2.24) is 4.90 Å². The Labute approximate surface area is 196 Å². The summed E-state index contributed by atoms with van der Waals surface area (Å²) in [6.07, 6.45) is -0.0164. The fraction of sp³-hybridized carbons (Fsp3) is 0.350. The molecule has 15 heteroatoms. The molecular formula is C20H20N4O11. The first-order valence-corrected chi connectivity index (χ1v) is 10.1. The zero-order valence-electron chi connectivity index (χ0n) is 18.3. The van der Waals surface area contributed by atoms with Crippen LogP contribution in [0.1, 0.15) is 30.6 Å². The second kappa shape index (κ2) is 10.3. The van der Waals surface area contributed by atoms with Crippen LogP contribution in [0, 0.1) is 30.3 Å². The van der Waals surface area contributed by atoms with Crippen LogP contribution in [-0.4, -0.2) is 55.5 Å². The molecule has 2 aliphatic heterocycles. The molecule has 2 N–H and O–H groups in total. The number of non-ortho nitro benzene ring substituents is 1. The van der Waals surface area contributed by atoms with Gasteiger partial charge >= 0.3 is 11.4 Å². The van der Waals surface area contributed by atoms with E-state index >= 15 is 0 Å². The van der Waals surface area contributed by atoms with Crippen molar-refractivity contribution in [3.8, 4) is 17.2 Å². The molecule has 0 aromatic heterocycles. The van der Waals surface area contributed by atoms with Gasteiger partial charge in [-0.25, -0.2) is 0 Å². The molecule has 2 aliphatic rings. The quantitative estimate of drug-likeness (QED) is 0.440. The van der Waals surface area contributed by atoms with Crippen LogP contribution in [0.4, 0.5) is 17.1 Å². The molecule has 2 aromatic carbocycles. The number of fused-ring (bicyclic) bond motifs is 2. The molecule has 0 radical (unpaired) electrons. The monoisotopic (exact) mass is 492 g/mol. The summed E-state index contributed by atoms with van der Waals surface area (Å²) in [6, 6.07) is 4.69. The van der Waals surface area contributed by atoms with E-state index in [1.165, 1.54) is 0 Å². The summed E-state index contributed by atoms with van der Waals surface area (Å²) >= 11 is 0. The van der Waals surface area contributed by atoms with E-state index in [0.717, 1.165) is 23.4 Å². The lowest BCUT2D eigenvalue weighted by atomic mass is 9.96. The number of β-amino-alcohol motifs (C(OH)–C–C–N with tert-alkyl or cyclic N) is 1. The average molecular weight is 492 g/mol. The van der Waals surface area contributed by atoms with Gasteiger partial charge < -0.3 is 19.7 Å². The van der Waals surface area contributed by atoms with Crippen LogP contribution >= 0.6 is 0 Å². The molecule has 0 saturated carbocycles. The van der Waals surface area contributed by atoms with E-state index in [9.17, 15) is 40.2 Å². The second-order valence-electron chi connectivity index (χ2n) is 7.71. The number of carbonyl (C=O) groups excluding carboxylic acids is 1. The highest BCUT2D eigenvalue weighted by atomic mass is 16.7. The number of nitro groups is 3. The lowest BCUT2D eigenvalue weighted by molar-refractivity contribution is -0.404. The van der Waals surface area contributed by atoms with Gasteiger partial charge in [-0.2, -0.15) is 0 Å². The Morgan fingerprint density at radius 1 is 1.03 bits per heavy atom. The average Bonchev–Trinajstić information content (AvgIpc) is 3.24. The number of nitro benzene ring substituents is 3. The fourth-order valence-electron chi connectivity index (χ4n) is 3.55. The van der Waals surface area contributed by atoms with E-state index in [-0.39, 0.29) is 12.6 Å². The largest absolute Gasteiger partial charge is 0.497 e. The highest BCUT2D eigenvalue weighted by Crippen LogP contribution is 2.40. The maximum atomic E-state index is 11.0. The van der Waals surface area contributed by atoms with Gasteiger partial charge in [0.25, 0.3) is 11.4 Å². The number of hydrogen-bond donors (Lipinski definition) is 2. The van der Waals surface area contributed by atoms with Crippen LogP contribution in [0.2, 0.25) is 0 Å². The fourth-order valence-corrected chi connectivity index (χ4v) is 3.55. The smallest absolute Gasteiger partial charge is 0.324 e. The summed E-state index contributed by atoms with van der Waals surface area (Å²) in [5, 5.41) is 50.4. The molecule has 2 aromatic rings. The molecule has 1 atom stereocenters. The lowest BCUT2D eigenvalue weighted by Gasteiger charge is -2.32. The number of benzene rings is 2. The topological polar surface area (TPSA) is 209 Å². The third-order valence-corrected chi connectivity index (χ3v) is 5.26. The van der Waals surface area contributed by atoms with E-state index < -0.39 is 43.7 Å². The molecule has 1 unspecified atom stereocenters. The molecule has 35 heavy (non-hydrogen) atoms. The van der Waals surface area contributed by atoms with Crippen molar-refractivity contribution >= 4 is 22.8 Å². The van der Waals surface area contributed by atoms with Gasteiger partial charge in [0.05, 0.1) is 33.0 Å². The Bertz CT molecular complexity index is 1160. The Morgan fingerprint density at radius 3 is 2.11 bits per heavy atom. The number of ketones is 1. The molecule has 15 nitrogen and oxygen atoms in total. The number of hydrogen-bond acceptors (Lipinski definition) is 12. The van der Waals surface area contributed by atoms with E-state index in [1.807, 2.05) is 12.1 Å². The van der Waals surface area contributed by atoms with E-state index in [2.05, 4.69) is 4.90 Å². The van der Waals surface area contributed by atoms with E-state index in [1.54, 1.807) is 6.92 Å². The molecule has 0 bridgehead atoms. The number of nitrogens with zero attached hydrogens (tertiary/aromatic N) is 4. The number of phenols is 1. The minimum absolute atomic E-state index is 0.172. The summed E-state index contributed by atoms with van der Waals surface area (Å²) in [4.78, 5) is 40.9. The summed E-state index contributed by atoms with van der Waals surface area (Å²) in [6.45, 7) is 3.80. The number of aromatic hydroxyl groups is 1. The number of Topliss-reactive ketones (excluding diaryl/α,β-unsaturated/α-hetero) is 1. The van der Waals surface area contributed by atoms with Crippen molar-refractivity contribution in [2.75, 3.05) is 19.9 Å². The number of carbonyl (C=O) groups is 1. The van der Waals surface area contributed by atoms with Crippen LogP contribution < -0.4 is 9.47 Å². The minimum atomic E-state index is -1.21. The zero-order chi connectivity index (χ0) is 25.9. The molecule has 0 spiro atoms. The van der Waals surface area contributed by atoms with Gasteiger partial charge in [0.15, 0.2) is 11.5 Å². The van der Waals surface area contributed by atoms with Crippen molar-refractivity contribution in [3.63, 3.8) is 0 Å². The number of aliphatic hydroxyl groups is 1. The zero-order valence-corrected chi connectivity index (χ0v) is 18.3. The molecule has 186 valence electrons. The maximum Gasteiger partial charge on any atom is 0.324 e. The standard InChI is InChI=1S/C14H17NO4.C6H3N3O7/c1-9(16)2-3-15-6-10-4-13-14(19-8-18-13)5-11(10)12(17)7-15;10-6-4(8(13)14)1-3(7(11)12)2-5(6)9(15)16/h4-5,12,17H,2-3,6-8H2,1H3;1-2,10H. The molecule has 4 rings (SSSR count). The number of phenolic OH excluding ortho intramolecular Hbond substituents is 1. The van der Waals surface area contributed by atoms with Gasteiger partial charge in [-0.05, 0) is 30.2 Å². The third-order valence-electron chi connectivity index (χ3n) is 5.26.